The van der Waals surface area contributed by atoms with E-state index in [1.165, 1.54) is 0 Å². The van der Waals surface area contributed by atoms with Gasteiger partial charge in [-0.1, -0.05) is 36.0 Å². The first-order chi connectivity index (χ1) is 16.3. The molecule has 1 saturated heterocycles. The predicted molar refractivity (Wildman–Crippen MR) is 128 cm³/mol. The van der Waals surface area contributed by atoms with Crippen molar-refractivity contribution in [2.45, 2.75) is 42.8 Å². The third-order valence-corrected chi connectivity index (χ3v) is 7.69. The molecule has 4 aromatic heterocycles. The molecule has 33 heavy (non-hydrogen) atoms. The van der Waals surface area contributed by atoms with Gasteiger partial charge in [-0.3, -0.25) is 4.57 Å². The van der Waals surface area contributed by atoms with Gasteiger partial charge >= 0.3 is 0 Å². The molecule has 168 valence electrons. The Bertz CT molecular complexity index is 1370. The number of benzene rings is 1. The first-order valence-electron chi connectivity index (χ1n) is 10.9. The van der Waals surface area contributed by atoms with E-state index < -0.39 is 0 Å². The summed E-state index contributed by atoms with van der Waals surface area (Å²) in [5.41, 5.74) is 2.11. The molecule has 0 amide bonds. The van der Waals surface area contributed by atoms with Crippen LogP contribution in [0.2, 0.25) is 0 Å². The number of thioether (sulfide) groups is 1. The van der Waals surface area contributed by atoms with E-state index in [4.69, 9.17) is 9.15 Å². The third-order valence-electron chi connectivity index (χ3n) is 5.76. The van der Waals surface area contributed by atoms with Gasteiger partial charge in [-0.25, -0.2) is 0 Å². The summed E-state index contributed by atoms with van der Waals surface area (Å²) < 4.78 is 14.1. The minimum Gasteiger partial charge on any atom is -0.419 e. The zero-order valence-corrected chi connectivity index (χ0v) is 19.6. The molecule has 10 heteroatoms. The van der Waals surface area contributed by atoms with Crippen LogP contribution in [0.1, 0.15) is 30.9 Å². The Labute approximate surface area is 198 Å². The van der Waals surface area contributed by atoms with Gasteiger partial charge in [0.2, 0.25) is 5.89 Å². The first kappa shape index (κ1) is 20.6. The van der Waals surface area contributed by atoms with E-state index >= 15 is 0 Å². The minimum absolute atomic E-state index is 0.0746. The molecule has 5 heterocycles. The van der Waals surface area contributed by atoms with Crippen LogP contribution in [-0.4, -0.2) is 42.7 Å². The van der Waals surface area contributed by atoms with Crippen LogP contribution in [0, 0.1) is 0 Å². The highest BCUT2D eigenvalue weighted by atomic mass is 32.2. The van der Waals surface area contributed by atoms with Crippen molar-refractivity contribution in [3.8, 4) is 22.2 Å². The Morgan fingerprint density at radius 3 is 2.97 bits per heavy atom. The molecule has 2 unspecified atom stereocenters. The van der Waals surface area contributed by atoms with E-state index in [2.05, 4.69) is 42.1 Å². The lowest BCUT2D eigenvalue weighted by molar-refractivity contribution is 0.0953. The Morgan fingerprint density at radius 1 is 1.18 bits per heavy atom. The Kier molecular flexibility index (Phi) is 5.49. The first-order valence-corrected chi connectivity index (χ1v) is 12.7. The molecule has 2 atom stereocenters. The van der Waals surface area contributed by atoms with E-state index in [1.54, 1.807) is 23.1 Å². The van der Waals surface area contributed by atoms with Gasteiger partial charge in [-0.15, -0.1) is 31.7 Å². The number of rotatable bonds is 7. The molecule has 1 aliphatic heterocycles. The summed E-state index contributed by atoms with van der Waals surface area (Å²) in [4.78, 5) is 4.31. The van der Waals surface area contributed by atoms with E-state index in [1.807, 2.05) is 42.8 Å². The molecule has 0 aliphatic carbocycles. The van der Waals surface area contributed by atoms with Gasteiger partial charge in [0.25, 0.3) is 5.89 Å². The average Bonchev–Trinajstić information content (AvgIpc) is 3.65. The topological polar surface area (TPSA) is 94.7 Å². The molecule has 6 rings (SSSR count). The van der Waals surface area contributed by atoms with Crippen LogP contribution in [0.4, 0.5) is 0 Å². The molecule has 1 aliphatic rings. The predicted octanol–water partition coefficient (Wildman–Crippen LogP) is 5.57. The van der Waals surface area contributed by atoms with Crippen LogP contribution in [0.5, 0.6) is 0 Å². The van der Waals surface area contributed by atoms with Gasteiger partial charge in [0.1, 0.15) is 0 Å². The van der Waals surface area contributed by atoms with Crippen molar-refractivity contribution < 1.29 is 9.15 Å². The highest BCUT2D eigenvalue weighted by Gasteiger charge is 2.26. The van der Waals surface area contributed by atoms with Crippen LogP contribution in [0.25, 0.3) is 33.1 Å². The van der Waals surface area contributed by atoms with Crippen LogP contribution < -0.4 is 0 Å². The van der Waals surface area contributed by atoms with E-state index in [-0.39, 0.29) is 11.4 Å². The van der Waals surface area contributed by atoms with Crippen LogP contribution in [-0.2, 0) is 11.3 Å². The maximum Gasteiger partial charge on any atom is 0.257 e. The summed E-state index contributed by atoms with van der Waals surface area (Å²) >= 11 is 3.15. The molecule has 1 fully saturated rings. The van der Waals surface area contributed by atoms with Gasteiger partial charge in [-0.2, -0.15) is 0 Å². The van der Waals surface area contributed by atoms with Gasteiger partial charge in [0.05, 0.1) is 22.8 Å². The maximum atomic E-state index is 5.95. The number of H-pyrrole nitrogens is 1. The normalized spacial score (nSPS) is 17.2. The Hall–Kier alpha value is -2.95. The Morgan fingerprint density at radius 2 is 2.12 bits per heavy atom. The monoisotopic (exact) mass is 478 g/mol. The summed E-state index contributed by atoms with van der Waals surface area (Å²) in [5.74, 6) is 1.96. The largest absolute Gasteiger partial charge is 0.419 e. The summed E-state index contributed by atoms with van der Waals surface area (Å²) in [6.45, 7) is 3.57. The minimum atomic E-state index is -0.0746. The number of hydrogen-bond acceptors (Lipinski definition) is 8. The van der Waals surface area contributed by atoms with Crippen molar-refractivity contribution in [1.82, 2.24) is 29.9 Å². The molecular formula is C23H22N6O2S2. The van der Waals surface area contributed by atoms with Crippen molar-refractivity contribution in [2.75, 3.05) is 6.61 Å². The number of nitrogens with one attached hydrogen (secondary N) is 1. The number of aromatic amines is 1. The summed E-state index contributed by atoms with van der Waals surface area (Å²) in [6, 6.07) is 12.2. The highest BCUT2D eigenvalue weighted by Crippen LogP contribution is 2.38. The molecule has 5 aromatic rings. The van der Waals surface area contributed by atoms with Crippen molar-refractivity contribution in [1.29, 1.82) is 0 Å². The molecule has 1 aromatic carbocycles. The standard InChI is InChI=1S/C23H22N6O2S2/c1-14(21-26-27-22(31-21)19-9-5-11-32-19)33-23-28-25-20(29(23)13-15-6-4-10-30-15)17-12-24-18-8-3-2-7-16(17)18/h2-3,5,7-9,11-12,14-15,24H,4,6,10,13H2,1H3. The fraction of sp³-hybridized carbons (Fsp3) is 0.304. The quantitative estimate of drug-likeness (QED) is 0.306. The lowest BCUT2D eigenvalue weighted by Gasteiger charge is -2.15. The summed E-state index contributed by atoms with van der Waals surface area (Å²) in [5, 5.41) is 21.5. The Balaban J connectivity index is 1.33. The zero-order chi connectivity index (χ0) is 22.2. The van der Waals surface area contributed by atoms with Crippen LogP contribution in [0.15, 0.2) is 57.5 Å². The molecule has 0 saturated carbocycles. The molecule has 0 radical (unpaired) electrons. The second kappa shape index (κ2) is 8.77. The summed E-state index contributed by atoms with van der Waals surface area (Å²) in [6.07, 6.45) is 4.29. The van der Waals surface area contributed by atoms with Gasteiger partial charge in [0.15, 0.2) is 11.0 Å². The number of ether oxygens (including phenoxy) is 1. The van der Waals surface area contributed by atoms with Crippen molar-refractivity contribution in [2.24, 2.45) is 0 Å². The molecule has 0 spiro atoms. The SMILES string of the molecule is CC(Sc1nnc(-c2c[nH]c3ccccc23)n1CC1CCCO1)c1nnc(-c2cccs2)o1. The molecule has 0 bridgehead atoms. The lowest BCUT2D eigenvalue weighted by Crippen LogP contribution is -2.16. The van der Waals surface area contributed by atoms with Gasteiger partial charge < -0.3 is 14.1 Å². The number of hydrogen-bond donors (Lipinski definition) is 1. The van der Waals surface area contributed by atoms with Crippen LogP contribution >= 0.6 is 23.1 Å². The van der Waals surface area contributed by atoms with E-state index in [9.17, 15) is 0 Å². The highest BCUT2D eigenvalue weighted by molar-refractivity contribution is 7.99. The van der Waals surface area contributed by atoms with E-state index in [0.29, 0.717) is 18.3 Å². The third kappa shape index (κ3) is 3.98. The fourth-order valence-corrected chi connectivity index (χ4v) is 5.63. The number of thiophene rings is 1. The van der Waals surface area contributed by atoms with Gasteiger partial charge in [-0.05, 0) is 37.3 Å². The second-order valence-corrected chi connectivity index (χ2v) is 10.2. The molecule has 1 N–H and O–H groups in total. The zero-order valence-electron chi connectivity index (χ0n) is 18.0. The number of aromatic nitrogens is 6. The number of nitrogens with zero attached hydrogens (tertiary/aromatic N) is 5. The van der Waals surface area contributed by atoms with Crippen molar-refractivity contribution in [3.05, 3.63) is 53.9 Å². The fourth-order valence-electron chi connectivity index (χ4n) is 4.10. The van der Waals surface area contributed by atoms with Crippen molar-refractivity contribution in [3.63, 3.8) is 0 Å². The van der Waals surface area contributed by atoms with Crippen molar-refractivity contribution >= 4 is 34.0 Å². The lowest BCUT2D eigenvalue weighted by atomic mass is 10.1. The number of fused-ring (bicyclic) bond motifs is 1. The molecule has 8 nitrogen and oxygen atoms in total. The van der Waals surface area contributed by atoms with Crippen LogP contribution in [0.3, 0.4) is 0 Å². The second-order valence-electron chi connectivity index (χ2n) is 7.98. The summed E-state index contributed by atoms with van der Waals surface area (Å²) in [7, 11) is 0. The smallest absolute Gasteiger partial charge is 0.257 e. The maximum absolute atomic E-state index is 5.95. The van der Waals surface area contributed by atoms with E-state index in [0.717, 1.165) is 51.8 Å². The number of para-hydroxylation sites is 1. The van der Waals surface area contributed by atoms with Gasteiger partial charge in [0, 0.05) is 29.3 Å². The molecular weight excluding hydrogens is 456 g/mol. The average molecular weight is 479 g/mol.